The van der Waals surface area contributed by atoms with E-state index in [1.54, 1.807) is 23.2 Å². The van der Waals surface area contributed by atoms with E-state index in [0.29, 0.717) is 18.0 Å². The van der Waals surface area contributed by atoms with E-state index in [1.807, 2.05) is 38.1 Å². The Balaban J connectivity index is 1.86. The van der Waals surface area contributed by atoms with Crippen molar-refractivity contribution < 1.29 is 19.1 Å². The summed E-state index contributed by atoms with van der Waals surface area (Å²) in [5.74, 6) is 0.153. The van der Waals surface area contributed by atoms with E-state index in [2.05, 4.69) is 24.6 Å². The van der Waals surface area contributed by atoms with Gasteiger partial charge < -0.3 is 9.47 Å². The smallest absolute Gasteiger partial charge is 0.337 e. The number of carbonyl (C=O) groups excluding carboxylic acids is 2. The second-order valence-electron chi connectivity index (χ2n) is 9.49. The van der Waals surface area contributed by atoms with E-state index in [4.69, 9.17) is 9.47 Å². The lowest BCUT2D eigenvalue weighted by atomic mass is 9.71. The fourth-order valence-corrected chi connectivity index (χ4v) is 4.70. The van der Waals surface area contributed by atoms with Crippen molar-refractivity contribution in [2.24, 2.45) is 0 Å². The number of hydrogen-bond acceptors (Lipinski definition) is 5. The quantitative estimate of drug-likeness (QED) is 0.341. The molecule has 0 bridgehead atoms. The lowest BCUT2D eigenvalue weighted by Crippen LogP contribution is -2.42. The molecule has 2 atom stereocenters. The van der Waals surface area contributed by atoms with Crippen molar-refractivity contribution in [3.8, 4) is 0 Å². The van der Waals surface area contributed by atoms with Gasteiger partial charge in [-0.1, -0.05) is 44.8 Å². The third-order valence-corrected chi connectivity index (χ3v) is 7.91. The van der Waals surface area contributed by atoms with E-state index in [0.717, 1.165) is 17.2 Å². The van der Waals surface area contributed by atoms with Gasteiger partial charge in [-0.05, 0) is 42.6 Å². The zero-order valence-corrected chi connectivity index (χ0v) is 20.3. The maximum Gasteiger partial charge on any atom is 0.337 e. The van der Waals surface area contributed by atoms with Crippen molar-refractivity contribution in [1.82, 2.24) is 4.98 Å². The second-order valence-corrected chi connectivity index (χ2v) is 15.1. The summed E-state index contributed by atoms with van der Waals surface area (Å²) >= 11 is 0. The van der Waals surface area contributed by atoms with Crippen LogP contribution in [0.4, 0.5) is 5.82 Å². The largest absolute Gasteiger partial charge is 0.465 e. The number of anilines is 1. The molecule has 0 saturated carbocycles. The highest BCUT2D eigenvalue weighted by molar-refractivity contribution is 6.76. The van der Waals surface area contributed by atoms with E-state index < -0.39 is 13.5 Å². The minimum absolute atomic E-state index is 0.0150. The molecule has 0 N–H and O–H groups in total. The molecule has 0 aliphatic carbocycles. The molecule has 166 valence electrons. The number of esters is 1. The van der Waals surface area contributed by atoms with Gasteiger partial charge in [-0.2, -0.15) is 0 Å². The summed E-state index contributed by atoms with van der Waals surface area (Å²) in [7, 11) is 0.157. The summed E-state index contributed by atoms with van der Waals surface area (Å²) in [4.78, 5) is 31.6. The van der Waals surface area contributed by atoms with Crippen molar-refractivity contribution in [2.75, 3.05) is 25.3 Å². The summed E-state index contributed by atoms with van der Waals surface area (Å²) in [5.41, 5.74) is 1.58. The Morgan fingerprint density at radius 1 is 1.19 bits per heavy atom. The fourth-order valence-electron chi connectivity index (χ4n) is 3.94. The van der Waals surface area contributed by atoms with E-state index in [1.165, 1.54) is 7.11 Å². The Kier molecular flexibility index (Phi) is 6.67. The minimum atomic E-state index is -1.21. The zero-order chi connectivity index (χ0) is 22.8. The van der Waals surface area contributed by atoms with Crippen molar-refractivity contribution in [3.05, 3.63) is 59.3 Å². The van der Waals surface area contributed by atoms with Crippen LogP contribution in [0.5, 0.6) is 0 Å². The number of rotatable bonds is 8. The number of fused-ring (bicyclic) bond motifs is 1. The van der Waals surface area contributed by atoms with Gasteiger partial charge in [0.1, 0.15) is 12.5 Å². The average molecular weight is 441 g/mol. The molecule has 2 heterocycles. The van der Waals surface area contributed by atoms with E-state index >= 15 is 0 Å². The van der Waals surface area contributed by atoms with Crippen LogP contribution in [0.15, 0.2) is 42.6 Å². The van der Waals surface area contributed by atoms with Crippen LogP contribution < -0.4 is 4.90 Å². The Bertz CT molecular complexity index is 955. The summed E-state index contributed by atoms with van der Waals surface area (Å²) < 4.78 is 10.7. The molecule has 3 rings (SSSR count). The highest BCUT2D eigenvalue weighted by atomic mass is 28.3. The van der Waals surface area contributed by atoms with Crippen LogP contribution in [0.25, 0.3) is 0 Å². The predicted octanol–water partition coefficient (Wildman–Crippen LogP) is 4.59. The number of pyridine rings is 1. The molecular weight excluding hydrogens is 408 g/mol. The molecule has 2 aromatic rings. The van der Waals surface area contributed by atoms with Gasteiger partial charge in [0.05, 0.1) is 18.1 Å². The lowest BCUT2D eigenvalue weighted by Gasteiger charge is -2.31. The minimum Gasteiger partial charge on any atom is -0.465 e. The summed E-state index contributed by atoms with van der Waals surface area (Å²) in [6, 6.07) is 12.1. The number of benzene rings is 1. The third-order valence-electron chi connectivity index (χ3n) is 6.21. The Labute approximate surface area is 185 Å². The van der Waals surface area contributed by atoms with Crippen LogP contribution in [0.3, 0.4) is 0 Å². The summed E-state index contributed by atoms with van der Waals surface area (Å²) in [6.07, 6.45) is 1.71. The highest BCUT2D eigenvalue weighted by Gasteiger charge is 2.52. The number of hydrogen-bond donors (Lipinski definition) is 0. The first kappa shape index (κ1) is 23.2. The second kappa shape index (κ2) is 8.92. The highest BCUT2D eigenvalue weighted by Crippen LogP contribution is 2.48. The van der Waals surface area contributed by atoms with Crippen LogP contribution in [-0.4, -0.2) is 45.4 Å². The first-order valence-corrected chi connectivity index (χ1v) is 14.3. The normalized spacial score (nSPS) is 19.3. The Hall–Kier alpha value is -2.51. The summed E-state index contributed by atoms with van der Waals surface area (Å²) in [5, 5.41) is 0. The maximum atomic E-state index is 13.7. The van der Waals surface area contributed by atoms with Crippen LogP contribution >= 0.6 is 0 Å². The molecule has 0 saturated heterocycles. The van der Waals surface area contributed by atoms with Crippen LogP contribution in [0, 0.1) is 0 Å². The number of ether oxygens (including phenoxy) is 2. The molecule has 7 heteroatoms. The van der Waals surface area contributed by atoms with E-state index in [9.17, 15) is 9.59 Å². The predicted molar refractivity (Wildman–Crippen MR) is 124 cm³/mol. The lowest BCUT2D eigenvalue weighted by molar-refractivity contribution is -0.124. The van der Waals surface area contributed by atoms with Gasteiger partial charge in [0.25, 0.3) is 0 Å². The number of amides is 1. The molecule has 0 radical (unpaired) electrons. The first-order chi connectivity index (χ1) is 14.6. The molecule has 6 nitrogen and oxygen atoms in total. The van der Waals surface area contributed by atoms with Gasteiger partial charge in [-0.25, -0.2) is 9.78 Å². The fraction of sp³-hybridized carbons (Fsp3) is 0.458. The van der Waals surface area contributed by atoms with Gasteiger partial charge in [0.2, 0.25) is 5.91 Å². The average Bonchev–Trinajstić information content (AvgIpc) is 2.97. The molecule has 1 aliphatic rings. The molecule has 0 fully saturated rings. The topological polar surface area (TPSA) is 68.7 Å². The van der Waals surface area contributed by atoms with Gasteiger partial charge >= 0.3 is 5.97 Å². The van der Waals surface area contributed by atoms with Gasteiger partial charge in [-0.15, -0.1) is 0 Å². The number of aromatic nitrogens is 1. The Morgan fingerprint density at radius 3 is 2.48 bits per heavy atom. The van der Waals surface area contributed by atoms with Gasteiger partial charge in [0.15, 0.2) is 0 Å². The molecule has 31 heavy (non-hydrogen) atoms. The van der Waals surface area contributed by atoms with Gasteiger partial charge in [-0.3, -0.25) is 9.69 Å². The maximum absolute atomic E-state index is 13.7. The SMILES string of the molecule is COC(=O)c1ccc(C(C)[C@]2(C)C(=O)N(COCC[Si](C)(C)C)c3ncccc32)cc1. The number of nitrogens with zero attached hydrogens (tertiary/aromatic N) is 2. The molecular formula is C24H32N2O4Si. The number of carbonyl (C=O) groups is 2. The first-order valence-electron chi connectivity index (χ1n) is 10.6. The van der Waals surface area contributed by atoms with Crippen molar-refractivity contribution in [1.29, 1.82) is 0 Å². The molecule has 1 aliphatic heterocycles. The van der Waals surface area contributed by atoms with Gasteiger partial charge in [0, 0.05) is 26.4 Å². The molecule has 0 spiro atoms. The third kappa shape index (κ3) is 4.57. The molecule has 1 unspecified atom stereocenters. The molecule has 1 aromatic carbocycles. The van der Waals surface area contributed by atoms with Crippen LogP contribution in [0.1, 0.15) is 41.3 Å². The molecule has 1 amide bonds. The van der Waals surface area contributed by atoms with Crippen molar-refractivity contribution in [3.63, 3.8) is 0 Å². The van der Waals surface area contributed by atoms with Crippen molar-refractivity contribution in [2.45, 2.75) is 50.9 Å². The Morgan fingerprint density at radius 2 is 1.87 bits per heavy atom. The molecule has 1 aromatic heterocycles. The van der Waals surface area contributed by atoms with E-state index in [-0.39, 0.29) is 24.5 Å². The number of methoxy groups -OCH3 is 1. The monoisotopic (exact) mass is 440 g/mol. The standard InChI is InChI=1S/C24H32N2O4Si/c1-17(18-9-11-19(12-10-18)22(27)29-3)24(2)20-8-7-13-25-21(20)26(23(24)28)16-30-14-15-31(4,5)6/h7-13,17H,14-16H2,1-6H3/t17?,24-/m0/s1. The van der Waals surface area contributed by atoms with Crippen molar-refractivity contribution >= 4 is 25.8 Å². The zero-order valence-electron chi connectivity index (χ0n) is 19.3. The van der Waals surface area contributed by atoms with Crippen LogP contribution in [0.2, 0.25) is 25.7 Å². The van der Waals surface area contributed by atoms with Crippen LogP contribution in [-0.2, 0) is 19.7 Å². The summed E-state index contributed by atoms with van der Waals surface area (Å²) in [6.45, 7) is 11.8.